The van der Waals surface area contributed by atoms with Gasteiger partial charge in [-0.2, -0.15) is 0 Å². The summed E-state index contributed by atoms with van der Waals surface area (Å²) in [5, 5.41) is 11.0. The van der Waals surface area contributed by atoms with Crippen LogP contribution in [0.3, 0.4) is 0 Å². The maximum atomic E-state index is 13.0. The molecule has 3 aromatic rings. The monoisotopic (exact) mass is 360 g/mol. The molecule has 0 unspecified atom stereocenters. The Bertz CT molecular complexity index is 1180. The number of H-pyrrole nitrogens is 2. The first-order valence-corrected chi connectivity index (χ1v) is 8.82. The Morgan fingerprint density at radius 2 is 1.84 bits per heavy atom. The molecule has 0 saturated carbocycles. The van der Waals surface area contributed by atoms with Gasteiger partial charge in [0.15, 0.2) is 0 Å². The predicted octanol–water partition coefficient (Wildman–Crippen LogP) is 1.52. The number of fused-ring (bicyclic) bond motifs is 2. The summed E-state index contributed by atoms with van der Waals surface area (Å²) in [6.45, 7) is 0.209. The van der Waals surface area contributed by atoms with Crippen LogP contribution in [0.5, 0.6) is 0 Å². The number of nitro groups is 1. The third-order valence-electron chi connectivity index (χ3n) is 4.21. The Kier molecular flexibility index (Phi) is 3.19. The maximum absolute atomic E-state index is 13.0. The summed E-state index contributed by atoms with van der Waals surface area (Å²) in [5.41, 5.74) is 1.35. The Labute approximate surface area is 141 Å². The van der Waals surface area contributed by atoms with Crippen LogP contribution >= 0.6 is 0 Å². The van der Waals surface area contributed by atoms with Crippen molar-refractivity contribution < 1.29 is 13.3 Å². The first kappa shape index (κ1) is 15.4. The normalized spacial score (nSPS) is 14.0. The van der Waals surface area contributed by atoms with Gasteiger partial charge in [0.2, 0.25) is 0 Å². The Morgan fingerprint density at radius 1 is 1.08 bits per heavy atom. The molecule has 2 N–H and O–H groups in total. The molecule has 0 aliphatic carbocycles. The van der Waals surface area contributed by atoms with Crippen LogP contribution in [0.25, 0.3) is 11.0 Å². The second-order valence-corrected chi connectivity index (χ2v) is 7.55. The van der Waals surface area contributed by atoms with Gasteiger partial charge in [0.1, 0.15) is 0 Å². The van der Waals surface area contributed by atoms with Crippen LogP contribution in [0.15, 0.2) is 46.1 Å². The molecule has 1 aliphatic rings. The van der Waals surface area contributed by atoms with Crippen molar-refractivity contribution in [2.75, 3.05) is 10.8 Å². The lowest BCUT2D eigenvalue weighted by Crippen LogP contribution is -2.29. The number of nitrogens with one attached hydrogen (secondary N) is 2. The molecule has 0 bridgehead atoms. The molecule has 25 heavy (non-hydrogen) atoms. The third-order valence-corrected chi connectivity index (χ3v) is 6.02. The van der Waals surface area contributed by atoms with Crippen LogP contribution < -0.4 is 9.99 Å². The van der Waals surface area contributed by atoms with Gasteiger partial charge in [-0.05, 0) is 30.2 Å². The highest BCUT2D eigenvalue weighted by molar-refractivity contribution is 7.92. The number of benzene rings is 2. The van der Waals surface area contributed by atoms with E-state index < -0.39 is 20.6 Å². The fourth-order valence-corrected chi connectivity index (χ4v) is 4.52. The lowest BCUT2D eigenvalue weighted by atomic mass is 10.1. The van der Waals surface area contributed by atoms with Crippen LogP contribution in [0.1, 0.15) is 5.56 Å². The Hall–Kier alpha value is -3.14. The molecule has 4 rings (SSSR count). The van der Waals surface area contributed by atoms with Gasteiger partial charge in [0.25, 0.3) is 15.7 Å². The maximum Gasteiger partial charge on any atom is 0.323 e. The number of hydrogen-bond acceptors (Lipinski definition) is 5. The van der Waals surface area contributed by atoms with Gasteiger partial charge in [0, 0.05) is 18.7 Å². The smallest absolute Gasteiger partial charge is 0.306 e. The summed E-state index contributed by atoms with van der Waals surface area (Å²) in [4.78, 5) is 26.8. The van der Waals surface area contributed by atoms with E-state index >= 15 is 0 Å². The molecule has 9 nitrogen and oxygen atoms in total. The predicted molar refractivity (Wildman–Crippen MR) is 90.3 cm³/mol. The van der Waals surface area contributed by atoms with Crippen molar-refractivity contribution >= 4 is 32.4 Å². The highest BCUT2D eigenvalue weighted by Gasteiger charge is 2.32. The second kappa shape index (κ2) is 5.18. The van der Waals surface area contributed by atoms with E-state index in [4.69, 9.17) is 0 Å². The Balaban J connectivity index is 1.82. The molecular formula is C15H12N4O5S. The number of anilines is 1. The van der Waals surface area contributed by atoms with Crippen LogP contribution in [-0.4, -0.2) is 29.9 Å². The molecule has 0 atom stereocenters. The van der Waals surface area contributed by atoms with Crippen molar-refractivity contribution in [2.24, 2.45) is 0 Å². The number of nitrogens with zero attached hydrogens (tertiary/aromatic N) is 2. The average molecular weight is 360 g/mol. The van der Waals surface area contributed by atoms with Crippen LogP contribution in [0.2, 0.25) is 0 Å². The molecule has 0 radical (unpaired) electrons. The molecule has 1 aromatic heterocycles. The number of aromatic nitrogens is 2. The molecule has 10 heteroatoms. The van der Waals surface area contributed by atoms with E-state index in [1.54, 1.807) is 6.07 Å². The zero-order chi connectivity index (χ0) is 17.8. The number of imidazole rings is 1. The third kappa shape index (κ3) is 2.38. The standard InChI is InChI=1S/C15H12N4O5S/c20-15-16-12-4-3-11(8-13(12)17-15)25(23,24)18-6-5-9-1-2-10(19(21)22)7-14(9)18/h1-4,7-8H,5-6H2,(H2,16,17,20). The van der Waals surface area contributed by atoms with Crippen molar-refractivity contribution in [1.82, 2.24) is 9.97 Å². The quantitative estimate of drug-likeness (QED) is 0.540. The zero-order valence-corrected chi connectivity index (χ0v) is 13.5. The number of aromatic amines is 2. The van der Waals surface area contributed by atoms with Crippen LogP contribution in [0.4, 0.5) is 11.4 Å². The van der Waals surface area contributed by atoms with Crippen molar-refractivity contribution in [3.8, 4) is 0 Å². The minimum atomic E-state index is -3.90. The summed E-state index contributed by atoms with van der Waals surface area (Å²) in [6.07, 6.45) is 0.482. The second-order valence-electron chi connectivity index (χ2n) is 5.68. The Morgan fingerprint density at radius 3 is 2.60 bits per heavy atom. The van der Waals surface area contributed by atoms with E-state index in [1.807, 2.05) is 0 Å². The first-order chi connectivity index (χ1) is 11.9. The van der Waals surface area contributed by atoms with Gasteiger partial charge < -0.3 is 9.97 Å². The molecule has 0 saturated heterocycles. The van der Waals surface area contributed by atoms with Gasteiger partial charge >= 0.3 is 5.69 Å². The summed E-state index contributed by atoms with van der Waals surface area (Å²) in [7, 11) is -3.90. The number of sulfonamides is 1. The summed E-state index contributed by atoms with van der Waals surface area (Å²) < 4.78 is 27.1. The van der Waals surface area contributed by atoms with Crippen molar-refractivity contribution in [2.45, 2.75) is 11.3 Å². The van der Waals surface area contributed by atoms with Crippen molar-refractivity contribution in [3.63, 3.8) is 0 Å². The minimum Gasteiger partial charge on any atom is -0.306 e. The lowest BCUT2D eigenvalue weighted by molar-refractivity contribution is -0.384. The molecule has 0 amide bonds. The number of rotatable bonds is 3. The van der Waals surface area contributed by atoms with Gasteiger partial charge in [-0.25, -0.2) is 13.2 Å². The van der Waals surface area contributed by atoms with Gasteiger partial charge in [0.05, 0.1) is 26.5 Å². The molecule has 128 valence electrons. The largest absolute Gasteiger partial charge is 0.323 e. The molecule has 2 aromatic carbocycles. The SMILES string of the molecule is O=c1[nH]c2ccc(S(=O)(=O)N3CCc4ccc([N+](=O)[O-])cc43)cc2[nH]1. The van der Waals surface area contributed by atoms with Crippen LogP contribution in [-0.2, 0) is 16.4 Å². The van der Waals surface area contributed by atoms with E-state index in [-0.39, 0.29) is 17.1 Å². The molecule has 1 aliphatic heterocycles. The average Bonchev–Trinajstić information content (AvgIpc) is 3.15. The van der Waals surface area contributed by atoms with E-state index in [0.717, 1.165) is 5.56 Å². The summed E-state index contributed by atoms with van der Waals surface area (Å²) in [5.74, 6) is 0. The molecule has 0 fully saturated rings. The highest BCUT2D eigenvalue weighted by atomic mass is 32.2. The molecule has 2 heterocycles. The van der Waals surface area contributed by atoms with E-state index in [9.17, 15) is 23.3 Å². The summed E-state index contributed by atoms with van der Waals surface area (Å²) in [6, 6.07) is 8.50. The summed E-state index contributed by atoms with van der Waals surface area (Å²) >= 11 is 0. The van der Waals surface area contributed by atoms with Gasteiger partial charge in [-0.3, -0.25) is 14.4 Å². The minimum absolute atomic E-state index is 0.00889. The van der Waals surface area contributed by atoms with Gasteiger partial charge in [-0.15, -0.1) is 0 Å². The van der Waals surface area contributed by atoms with E-state index in [1.165, 1.54) is 34.6 Å². The topological polar surface area (TPSA) is 129 Å². The highest BCUT2D eigenvalue weighted by Crippen LogP contribution is 2.35. The van der Waals surface area contributed by atoms with Gasteiger partial charge in [-0.1, -0.05) is 6.07 Å². The number of nitro benzene ring substituents is 1. The fraction of sp³-hybridized carbons (Fsp3) is 0.133. The first-order valence-electron chi connectivity index (χ1n) is 7.38. The number of hydrogen-bond donors (Lipinski definition) is 2. The van der Waals surface area contributed by atoms with E-state index in [2.05, 4.69) is 9.97 Å². The number of non-ortho nitro benzene ring substituents is 1. The van der Waals surface area contributed by atoms with Crippen molar-refractivity contribution in [3.05, 3.63) is 62.6 Å². The van der Waals surface area contributed by atoms with Crippen LogP contribution in [0, 0.1) is 10.1 Å². The van der Waals surface area contributed by atoms with Crippen molar-refractivity contribution in [1.29, 1.82) is 0 Å². The lowest BCUT2D eigenvalue weighted by Gasteiger charge is -2.19. The molecule has 0 spiro atoms. The molecular weight excluding hydrogens is 348 g/mol. The zero-order valence-electron chi connectivity index (χ0n) is 12.7. The fourth-order valence-electron chi connectivity index (χ4n) is 3.00. The van der Waals surface area contributed by atoms with E-state index in [0.29, 0.717) is 23.1 Å².